The Kier molecular flexibility index (Phi) is 13.7. The number of hydrogen-bond acceptors (Lipinski definition) is 3. The molecule has 156 valence electrons. The molecule has 0 aliphatic heterocycles. The van der Waals surface area contributed by atoms with Crippen molar-refractivity contribution in [1.29, 1.82) is 0 Å². The summed E-state index contributed by atoms with van der Waals surface area (Å²) >= 11 is 0. The average molecular weight is 379 g/mol. The summed E-state index contributed by atoms with van der Waals surface area (Å²) < 4.78 is 5.85. The molecule has 0 amide bonds. The Morgan fingerprint density at radius 1 is 0.667 bits per heavy atom. The fourth-order valence-corrected chi connectivity index (χ4v) is 3.47. The zero-order chi connectivity index (χ0) is 19.7. The molecule has 0 fully saturated rings. The van der Waals surface area contributed by atoms with Crippen molar-refractivity contribution in [1.82, 2.24) is 0 Å². The molecule has 0 spiro atoms. The summed E-state index contributed by atoms with van der Waals surface area (Å²) in [4.78, 5) is 0. The SMILES string of the molecule is CCCCCCCCCCCCCOc1c(CCCCC)ccc(O)c1O. The second-order valence-corrected chi connectivity index (χ2v) is 7.76. The Balaban J connectivity index is 2.17. The molecule has 2 N–H and O–H groups in total. The Labute approximate surface area is 167 Å². The zero-order valence-electron chi connectivity index (χ0n) is 17.8. The maximum absolute atomic E-state index is 10.1. The second-order valence-electron chi connectivity index (χ2n) is 7.76. The fraction of sp³-hybridized carbons (Fsp3) is 0.750. The Bertz CT molecular complexity index is 485. The van der Waals surface area contributed by atoms with Gasteiger partial charge in [0.25, 0.3) is 0 Å². The smallest absolute Gasteiger partial charge is 0.200 e. The Morgan fingerprint density at radius 2 is 1.19 bits per heavy atom. The normalized spacial score (nSPS) is 11.0. The van der Waals surface area contributed by atoms with E-state index in [-0.39, 0.29) is 11.5 Å². The van der Waals surface area contributed by atoms with Gasteiger partial charge < -0.3 is 14.9 Å². The van der Waals surface area contributed by atoms with Crippen LogP contribution in [-0.4, -0.2) is 16.8 Å². The number of unbranched alkanes of at least 4 members (excludes halogenated alkanes) is 12. The number of ether oxygens (including phenoxy) is 1. The fourth-order valence-electron chi connectivity index (χ4n) is 3.47. The zero-order valence-corrected chi connectivity index (χ0v) is 17.8. The first-order chi connectivity index (χ1) is 13.2. The summed E-state index contributed by atoms with van der Waals surface area (Å²) in [5.41, 5.74) is 1.00. The summed E-state index contributed by atoms with van der Waals surface area (Å²) in [6.45, 7) is 5.05. The van der Waals surface area contributed by atoms with Gasteiger partial charge in [-0.3, -0.25) is 0 Å². The molecule has 1 rings (SSSR count). The van der Waals surface area contributed by atoms with Gasteiger partial charge in [-0.25, -0.2) is 0 Å². The van der Waals surface area contributed by atoms with Crippen LogP contribution in [0.4, 0.5) is 0 Å². The van der Waals surface area contributed by atoms with E-state index in [1.165, 1.54) is 77.0 Å². The summed E-state index contributed by atoms with van der Waals surface area (Å²) in [5.74, 6) is 0.286. The predicted octanol–water partition coefficient (Wildman–Crippen LogP) is 7.52. The quantitative estimate of drug-likeness (QED) is 0.218. The van der Waals surface area contributed by atoms with Crippen molar-refractivity contribution < 1.29 is 14.9 Å². The summed E-state index contributed by atoms with van der Waals surface area (Å²) in [6, 6.07) is 3.44. The number of aryl methyl sites for hydroxylation is 1. The monoisotopic (exact) mass is 378 g/mol. The lowest BCUT2D eigenvalue weighted by Gasteiger charge is -2.14. The number of rotatable bonds is 17. The number of benzene rings is 1. The van der Waals surface area contributed by atoms with Crippen LogP contribution in [0.25, 0.3) is 0 Å². The van der Waals surface area contributed by atoms with E-state index >= 15 is 0 Å². The lowest BCUT2D eigenvalue weighted by molar-refractivity contribution is 0.280. The minimum atomic E-state index is -0.105. The molecule has 0 aliphatic carbocycles. The molecule has 0 atom stereocenters. The summed E-state index contributed by atoms with van der Waals surface area (Å²) in [6.07, 6.45) is 18.6. The van der Waals surface area contributed by atoms with Crippen molar-refractivity contribution in [2.45, 2.75) is 110 Å². The van der Waals surface area contributed by atoms with E-state index in [9.17, 15) is 10.2 Å². The van der Waals surface area contributed by atoms with Crippen LogP contribution in [0.15, 0.2) is 12.1 Å². The van der Waals surface area contributed by atoms with Crippen molar-refractivity contribution in [3.8, 4) is 17.2 Å². The van der Waals surface area contributed by atoms with E-state index in [4.69, 9.17) is 4.74 Å². The largest absolute Gasteiger partial charge is 0.504 e. The molecule has 1 aromatic rings. The summed E-state index contributed by atoms with van der Waals surface area (Å²) in [5, 5.41) is 19.9. The van der Waals surface area contributed by atoms with E-state index in [0.29, 0.717) is 12.4 Å². The van der Waals surface area contributed by atoms with Crippen molar-refractivity contribution >= 4 is 0 Å². The van der Waals surface area contributed by atoms with E-state index in [1.807, 2.05) is 6.07 Å². The third-order valence-corrected chi connectivity index (χ3v) is 5.24. The first-order valence-electron chi connectivity index (χ1n) is 11.4. The van der Waals surface area contributed by atoms with E-state index in [2.05, 4.69) is 13.8 Å². The van der Waals surface area contributed by atoms with Crippen LogP contribution in [-0.2, 0) is 6.42 Å². The van der Waals surface area contributed by atoms with Crippen molar-refractivity contribution in [2.24, 2.45) is 0 Å². The first-order valence-corrected chi connectivity index (χ1v) is 11.4. The van der Waals surface area contributed by atoms with Gasteiger partial charge in [0.1, 0.15) is 0 Å². The number of aromatic hydroxyl groups is 2. The van der Waals surface area contributed by atoms with Gasteiger partial charge in [0, 0.05) is 0 Å². The van der Waals surface area contributed by atoms with Gasteiger partial charge in [-0.1, -0.05) is 97.0 Å². The van der Waals surface area contributed by atoms with Gasteiger partial charge in [0.05, 0.1) is 6.61 Å². The minimum Gasteiger partial charge on any atom is -0.504 e. The van der Waals surface area contributed by atoms with E-state index in [1.54, 1.807) is 6.07 Å². The van der Waals surface area contributed by atoms with Gasteiger partial charge in [0.2, 0.25) is 5.75 Å². The van der Waals surface area contributed by atoms with Crippen LogP contribution in [0, 0.1) is 0 Å². The first kappa shape index (κ1) is 23.7. The topological polar surface area (TPSA) is 49.7 Å². The maximum atomic E-state index is 10.1. The molecule has 1 aromatic carbocycles. The number of phenols is 2. The maximum Gasteiger partial charge on any atom is 0.200 e. The highest BCUT2D eigenvalue weighted by molar-refractivity contribution is 5.54. The highest BCUT2D eigenvalue weighted by Crippen LogP contribution is 2.39. The molecule has 3 nitrogen and oxygen atoms in total. The highest BCUT2D eigenvalue weighted by atomic mass is 16.5. The molecule has 0 saturated carbocycles. The minimum absolute atomic E-state index is 0.0943. The van der Waals surface area contributed by atoms with Crippen LogP contribution in [0.1, 0.15) is 109 Å². The molecule has 0 unspecified atom stereocenters. The average Bonchev–Trinajstić information content (AvgIpc) is 2.67. The van der Waals surface area contributed by atoms with Gasteiger partial charge in [0.15, 0.2) is 11.5 Å². The molecule has 0 radical (unpaired) electrons. The van der Waals surface area contributed by atoms with Gasteiger partial charge in [-0.15, -0.1) is 0 Å². The van der Waals surface area contributed by atoms with Crippen LogP contribution in [0.5, 0.6) is 17.2 Å². The van der Waals surface area contributed by atoms with Gasteiger partial charge in [-0.2, -0.15) is 0 Å². The van der Waals surface area contributed by atoms with E-state index in [0.717, 1.165) is 24.8 Å². The molecule has 0 saturated heterocycles. The molecular formula is C24H42O3. The molecule has 0 aliphatic rings. The van der Waals surface area contributed by atoms with Gasteiger partial charge in [-0.05, 0) is 30.9 Å². The van der Waals surface area contributed by atoms with Crippen LogP contribution in [0.2, 0.25) is 0 Å². The number of hydrogen-bond donors (Lipinski definition) is 2. The molecule has 0 bridgehead atoms. The lowest BCUT2D eigenvalue weighted by Crippen LogP contribution is -2.01. The van der Waals surface area contributed by atoms with Crippen molar-refractivity contribution in [2.75, 3.05) is 6.61 Å². The second kappa shape index (κ2) is 15.7. The molecule has 3 heteroatoms. The molecule has 0 heterocycles. The lowest BCUT2D eigenvalue weighted by atomic mass is 10.0. The Morgan fingerprint density at radius 3 is 1.78 bits per heavy atom. The van der Waals surface area contributed by atoms with Crippen LogP contribution in [0.3, 0.4) is 0 Å². The number of phenolic OH excluding ortho intramolecular Hbond substituents is 2. The summed E-state index contributed by atoms with van der Waals surface area (Å²) in [7, 11) is 0. The van der Waals surface area contributed by atoms with Crippen LogP contribution < -0.4 is 4.74 Å². The molecular weight excluding hydrogens is 336 g/mol. The Hall–Kier alpha value is -1.38. The third kappa shape index (κ3) is 10.5. The third-order valence-electron chi connectivity index (χ3n) is 5.24. The van der Waals surface area contributed by atoms with Gasteiger partial charge >= 0.3 is 0 Å². The van der Waals surface area contributed by atoms with E-state index < -0.39 is 0 Å². The molecule has 27 heavy (non-hydrogen) atoms. The molecule has 0 aromatic heterocycles. The van der Waals surface area contributed by atoms with Crippen molar-refractivity contribution in [3.63, 3.8) is 0 Å². The van der Waals surface area contributed by atoms with Crippen LogP contribution >= 0.6 is 0 Å². The highest BCUT2D eigenvalue weighted by Gasteiger charge is 2.13. The van der Waals surface area contributed by atoms with Crippen molar-refractivity contribution in [3.05, 3.63) is 17.7 Å². The standard InChI is InChI=1S/C24H42O3/c1-3-5-7-8-9-10-11-12-13-14-16-20-27-24-21(17-15-6-4-2)18-19-22(25)23(24)26/h18-19,25-26H,3-17,20H2,1-2H3. The predicted molar refractivity (Wildman–Crippen MR) is 115 cm³/mol.